The van der Waals surface area contributed by atoms with Crippen LogP contribution in [0.5, 0.6) is 5.75 Å². The number of esters is 1. The summed E-state index contributed by atoms with van der Waals surface area (Å²) in [6.45, 7) is 1.42. The van der Waals surface area contributed by atoms with Gasteiger partial charge in [0.2, 0.25) is 5.91 Å². The topological polar surface area (TPSA) is 84.9 Å². The second kappa shape index (κ2) is 8.77. The van der Waals surface area contributed by atoms with Crippen molar-refractivity contribution in [1.82, 2.24) is 10.2 Å². The van der Waals surface area contributed by atoms with Gasteiger partial charge in [-0.3, -0.25) is 14.4 Å². The summed E-state index contributed by atoms with van der Waals surface area (Å²) in [4.78, 5) is 36.0. The van der Waals surface area contributed by atoms with Crippen LogP contribution in [0, 0.1) is 6.92 Å². The van der Waals surface area contributed by atoms with Gasteiger partial charge in [0.1, 0.15) is 5.75 Å². The number of carbonyl (C=O) groups is 3. The summed E-state index contributed by atoms with van der Waals surface area (Å²) in [5.74, 6) is -0.680. The van der Waals surface area contributed by atoms with Crippen molar-refractivity contribution in [2.24, 2.45) is 0 Å². The minimum absolute atomic E-state index is 0.0112. The van der Waals surface area contributed by atoms with E-state index >= 15 is 0 Å². The first-order valence-corrected chi connectivity index (χ1v) is 7.11. The summed E-state index contributed by atoms with van der Waals surface area (Å²) in [7, 11) is 4.47. The van der Waals surface area contributed by atoms with E-state index in [0.29, 0.717) is 11.3 Å². The lowest BCUT2D eigenvalue weighted by Crippen LogP contribution is -2.39. The summed E-state index contributed by atoms with van der Waals surface area (Å²) >= 11 is 0. The van der Waals surface area contributed by atoms with Crippen molar-refractivity contribution < 1.29 is 23.9 Å². The number of amides is 2. The van der Waals surface area contributed by atoms with Crippen LogP contribution in [-0.4, -0.2) is 57.0 Å². The van der Waals surface area contributed by atoms with Crippen LogP contribution >= 0.6 is 0 Å². The van der Waals surface area contributed by atoms with Gasteiger partial charge in [0.15, 0.2) is 6.61 Å². The Labute approximate surface area is 135 Å². The molecule has 1 N–H and O–H groups in total. The Balaban J connectivity index is 2.53. The van der Waals surface area contributed by atoms with E-state index in [1.165, 1.54) is 26.1 Å². The molecule has 0 saturated carbocycles. The van der Waals surface area contributed by atoms with Crippen molar-refractivity contribution in [3.8, 4) is 5.75 Å². The molecule has 0 atom stereocenters. The average Bonchev–Trinajstić information content (AvgIpc) is 2.52. The SMILES string of the molecule is CNC(=O)CN(C)C(=O)COC(=O)Cc1cc(C)ccc1OC. The lowest BCUT2D eigenvalue weighted by Gasteiger charge is -2.16. The molecule has 0 aliphatic heterocycles. The third-order valence-electron chi connectivity index (χ3n) is 3.21. The fourth-order valence-corrected chi connectivity index (χ4v) is 1.89. The van der Waals surface area contributed by atoms with Gasteiger partial charge in [0.25, 0.3) is 5.91 Å². The molecule has 1 rings (SSSR count). The van der Waals surface area contributed by atoms with Crippen molar-refractivity contribution in [1.29, 1.82) is 0 Å². The smallest absolute Gasteiger partial charge is 0.310 e. The molecule has 1 aromatic carbocycles. The molecule has 0 heterocycles. The van der Waals surface area contributed by atoms with Crippen LogP contribution in [0.1, 0.15) is 11.1 Å². The van der Waals surface area contributed by atoms with Gasteiger partial charge in [-0.05, 0) is 13.0 Å². The van der Waals surface area contributed by atoms with Gasteiger partial charge in [-0.15, -0.1) is 0 Å². The fraction of sp³-hybridized carbons (Fsp3) is 0.438. The molecular weight excluding hydrogens is 300 g/mol. The lowest BCUT2D eigenvalue weighted by atomic mass is 10.1. The minimum Gasteiger partial charge on any atom is -0.496 e. The number of ether oxygens (including phenoxy) is 2. The van der Waals surface area contributed by atoms with Crippen molar-refractivity contribution in [3.05, 3.63) is 29.3 Å². The van der Waals surface area contributed by atoms with E-state index in [1.807, 2.05) is 19.1 Å². The number of likely N-dealkylation sites (N-methyl/N-ethyl adjacent to an activating group) is 2. The Morgan fingerprint density at radius 3 is 2.57 bits per heavy atom. The number of hydrogen-bond donors (Lipinski definition) is 1. The lowest BCUT2D eigenvalue weighted by molar-refractivity contribution is -0.151. The van der Waals surface area contributed by atoms with Crippen LogP contribution in [0.2, 0.25) is 0 Å². The van der Waals surface area contributed by atoms with Crippen molar-refractivity contribution >= 4 is 17.8 Å². The van der Waals surface area contributed by atoms with E-state index in [-0.39, 0.29) is 18.9 Å². The normalized spacial score (nSPS) is 9.91. The van der Waals surface area contributed by atoms with Crippen molar-refractivity contribution in [2.75, 3.05) is 34.4 Å². The van der Waals surface area contributed by atoms with E-state index in [2.05, 4.69) is 5.32 Å². The average molecular weight is 322 g/mol. The van der Waals surface area contributed by atoms with E-state index in [9.17, 15) is 14.4 Å². The zero-order chi connectivity index (χ0) is 17.4. The summed E-state index contributed by atoms with van der Waals surface area (Å²) in [5.41, 5.74) is 1.69. The molecule has 1 aromatic rings. The number of benzene rings is 1. The van der Waals surface area contributed by atoms with Gasteiger partial charge in [-0.25, -0.2) is 0 Å². The molecule has 0 fully saturated rings. The molecule has 7 heteroatoms. The molecule has 7 nitrogen and oxygen atoms in total. The summed E-state index contributed by atoms with van der Waals surface area (Å²) in [6, 6.07) is 5.49. The molecule has 0 bridgehead atoms. The monoisotopic (exact) mass is 322 g/mol. The maximum Gasteiger partial charge on any atom is 0.310 e. The van der Waals surface area contributed by atoms with E-state index in [1.54, 1.807) is 6.07 Å². The van der Waals surface area contributed by atoms with Crippen LogP contribution in [0.25, 0.3) is 0 Å². The third kappa shape index (κ3) is 5.98. The zero-order valence-corrected chi connectivity index (χ0v) is 13.8. The van der Waals surface area contributed by atoms with Crippen LogP contribution < -0.4 is 10.1 Å². The molecule has 23 heavy (non-hydrogen) atoms. The standard InChI is InChI=1S/C16H22N2O5/c1-11-5-6-13(22-4)12(7-11)8-16(21)23-10-15(20)18(3)9-14(19)17-2/h5-7H,8-10H2,1-4H3,(H,17,19). The molecule has 0 radical (unpaired) electrons. The fourth-order valence-electron chi connectivity index (χ4n) is 1.89. The van der Waals surface area contributed by atoms with Crippen LogP contribution in [0.3, 0.4) is 0 Å². The summed E-state index contributed by atoms with van der Waals surface area (Å²) < 4.78 is 10.2. The first kappa shape index (κ1) is 18.5. The molecular formula is C16H22N2O5. The van der Waals surface area contributed by atoms with Gasteiger partial charge in [-0.1, -0.05) is 17.7 Å². The van der Waals surface area contributed by atoms with Gasteiger partial charge < -0.3 is 19.7 Å². The number of methoxy groups -OCH3 is 1. The van der Waals surface area contributed by atoms with E-state index < -0.39 is 18.5 Å². The second-order valence-corrected chi connectivity index (χ2v) is 5.08. The summed E-state index contributed by atoms with van der Waals surface area (Å²) in [5, 5.41) is 2.41. The van der Waals surface area contributed by atoms with Crippen molar-refractivity contribution in [3.63, 3.8) is 0 Å². The molecule has 0 aliphatic carbocycles. The van der Waals surface area contributed by atoms with Crippen molar-refractivity contribution in [2.45, 2.75) is 13.3 Å². The highest BCUT2D eigenvalue weighted by Gasteiger charge is 2.16. The first-order chi connectivity index (χ1) is 10.9. The third-order valence-corrected chi connectivity index (χ3v) is 3.21. The van der Waals surface area contributed by atoms with Crippen LogP contribution in [0.15, 0.2) is 18.2 Å². The predicted molar refractivity (Wildman–Crippen MR) is 84.1 cm³/mol. The van der Waals surface area contributed by atoms with Gasteiger partial charge in [-0.2, -0.15) is 0 Å². The van der Waals surface area contributed by atoms with Gasteiger partial charge >= 0.3 is 5.97 Å². The molecule has 126 valence electrons. The maximum atomic E-state index is 11.9. The highest BCUT2D eigenvalue weighted by Crippen LogP contribution is 2.20. The predicted octanol–water partition coefficient (Wildman–Crippen LogP) is 0.294. The quantitative estimate of drug-likeness (QED) is 0.730. The second-order valence-electron chi connectivity index (χ2n) is 5.08. The Bertz CT molecular complexity index is 586. The van der Waals surface area contributed by atoms with E-state index in [0.717, 1.165) is 5.56 Å². The van der Waals surface area contributed by atoms with E-state index in [4.69, 9.17) is 9.47 Å². The minimum atomic E-state index is -0.532. The molecule has 0 unspecified atom stereocenters. The molecule has 2 amide bonds. The Morgan fingerprint density at radius 2 is 1.96 bits per heavy atom. The Morgan fingerprint density at radius 1 is 1.26 bits per heavy atom. The Hall–Kier alpha value is -2.57. The zero-order valence-electron chi connectivity index (χ0n) is 13.8. The number of aryl methyl sites for hydroxylation is 1. The number of carbonyl (C=O) groups excluding carboxylic acids is 3. The van der Waals surface area contributed by atoms with Crippen LogP contribution in [0.4, 0.5) is 0 Å². The number of hydrogen-bond acceptors (Lipinski definition) is 5. The number of nitrogens with one attached hydrogen (secondary N) is 1. The summed E-state index contributed by atoms with van der Waals surface area (Å²) in [6.07, 6.45) is 0.0112. The molecule has 0 aromatic heterocycles. The highest BCUT2D eigenvalue weighted by atomic mass is 16.5. The maximum absolute atomic E-state index is 11.9. The largest absolute Gasteiger partial charge is 0.496 e. The highest BCUT2D eigenvalue weighted by molar-refractivity contribution is 5.86. The van der Waals surface area contributed by atoms with Gasteiger partial charge in [0.05, 0.1) is 20.1 Å². The van der Waals surface area contributed by atoms with Crippen LogP contribution in [-0.2, 0) is 25.5 Å². The number of rotatable bonds is 7. The Kier molecular flexibility index (Phi) is 7.05. The number of nitrogens with zero attached hydrogens (tertiary/aromatic N) is 1. The molecule has 0 spiro atoms. The van der Waals surface area contributed by atoms with Gasteiger partial charge in [0, 0.05) is 19.7 Å². The first-order valence-electron chi connectivity index (χ1n) is 7.11. The molecule has 0 saturated heterocycles. The molecule has 0 aliphatic rings.